The zero-order chi connectivity index (χ0) is 9.84. The number of hydrogen-bond acceptors (Lipinski definition) is 1. The van der Waals surface area contributed by atoms with Gasteiger partial charge in [0.05, 0.1) is 6.61 Å². The van der Waals surface area contributed by atoms with Crippen LogP contribution >= 0.6 is 0 Å². The summed E-state index contributed by atoms with van der Waals surface area (Å²) in [6, 6.07) is 3.75. The molecule has 71 valence electrons. The second-order valence-electron chi connectivity index (χ2n) is 2.83. The first-order valence-electron chi connectivity index (χ1n) is 3.92. The molecule has 1 radical (unpaired) electrons. The molecule has 0 saturated heterocycles. The minimum atomic E-state index is -0.845. The van der Waals surface area contributed by atoms with Crippen LogP contribution in [-0.2, 0) is 4.74 Å². The van der Waals surface area contributed by atoms with E-state index in [1.165, 1.54) is 13.2 Å². The van der Waals surface area contributed by atoms with E-state index in [9.17, 15) is 8.78 Å². The smallest absolute Gasteiger partial charge is 0.159 e. The summed E-state index contributed by atoms with van der Waals surface area (Å²) in [6.07, 6.45) is 0. The van der Waals surface area contributed by atoms with Gasteiger partial charge < -0.3 is 4.74 Å². The van der Waals surface area contributed by atoms with Crippen LogP contribution in [0.4, 0.5) is 8.78 Å². The zero-order valence-corrected chi connectivity index (χ0v) is 7.39. The molecule has 1 unspecified atom stereocenters. The molecule has 0 N–H and O–H groups in total. The van der Waals surface area contributed by atoms with Crippen molar-refractivity contribution in [2.45, 2.75) is 5.92 Å². The Balaban J connectivity index is 2.84. The van der Waals surface area contributed by atoms with E-state index in [1.807, 2.05) is 0 Å². The normalized spacial score (nSPS) is 12.9. The van der Waals surface area contributed by atoms with Crippen LogP contribution in [0.15, 0.2) is 18.2 Å². The second-order valence-corrected chi connectivity index (χ2v) is 2.83. The van der Waals surface area contributed by atoms with Gasteiger partial charge in [-0.05, 0) is 24.6 Å². The number of benzene rings is 1. The van der Waals surface area contributed by atoms with Gasteiger partial charge in [-0.2, -0.15) is 0 Å². The van der Waals surface area contributed by atoms with E-state index in [1.54, 1.807) is 0 Å². The van der Waals surface area contributed by atoms with E-state index >= 15 is 0 Å². The maximum Gasteiger partial charge on any atom is 0.159 e. The predicted octanol–water partition coefficient (Wildman–Crippen LogP) is 2.53. The lowest BCUT2D eigenvalue weighted by Crippen LogP contribution is -2.03. The van der Waals surface area contributed by atoms with Gasteiger partial charge in [0.1, 0.15) is 0 Å². The van der Waals surface area contributed by atoms with E-state index < -0.39 is 11.6 Å². The maximum absolute atomic E-state index is 12.7. The third-order valence-corrected chi connectivity index (χ3v) is 1.78. The minimum absolute atomic E-state index is 0.167. The third kappa shape index (κ3) is 2.49. The Morgan fingerprint density at radius 3 is 2.62 bits per heavy atom. The van der Waals surface area contributed by atoms with E-state index in [-0.39, 0.29) is 5.92 Å². The topological polar surface area (TPSA) is 9.23 Å². The van der Waals surface area contributed by atoms with Crippen molar-refractivity contribution < 1.29 is 13.5 Å². The lowest BCUT2D eigenvalue weighted by Gasteiger charge is -2.10. The fourth-order valence-corrected chi connectivity index (χ4v) is 1.06. The van der Waals surface area contributed by atoms with Crippen LogP contribution in [0, 0.1) is 18.6 Å². The van der Waals surface area contributed by atoms with Gasteiger partial charge in [-0.3, -0.25) is 0 Å². The van der Waals surface area contributed by atoms with Gasteiger partial charge in [0, 0.05) is 13.0 Å². The molecular formula is C10H11F2O. The molecule has 1 aromatic rings. The van der Waals surface area contributed by atoms with Gasteiger partial charge in [-0.25, -0.2) is 8.78 Å². The summed E-state index contributed by atoms with van der Waals surface area (Å²) in [5, 5.41) is 0. The summed E-state index contributed by atoms with van der Waals surface area (Å²) in [5.74, 6) is -1.85. The van der Waals surface area contributed by atoms with Crippen LogP contribution in [0.2, 0.25) is 0 Å². The Morgan fingerprint density at radius 2 is 2.08 bits per heavy atom. The van der Waals surface area contributed by atoms with E-state index in [0.717, 1.165) is 12.1 Å². The molecule has 1 aromatic carbocycles. The minimum Gasteiger partial charge on any atom is -0.384 e. The first-order valence-corrected chi connectivity index (χ1v) is 3.92. The Bertz CT molecular complexity index is 286. The van der Waals surface area contributed by atoms with Crippen LogP contribution < -0.4 is 0 Å². The molecule has 0 saturated carbocycles. The van der Waals surface area contributed by atoms with Crippen LogP contribution in [0.25, 0.3) is 0 Å². The van der Waals surface area contributed by atoms with Crippen molar-refractivity contribution in [3.63, 3.8) is 0 Å². The summed E-state index contributed by atoms with van der Waals surface area (Å²) in [4.78, 5) is 0. The molecule has 0 aromatic heterocycles. The molecule has 0 fully saturated rings. The maximum atomic E-state index is 12.7. The van der Waals surface area contributed by atoms with Gasteiger partial charge in [0.25, 0.3) is 0 Å². The fraction of sp³-hybridized carbons (Fsp3) is 0.300. The highest BCUT2D eigenvalue weighted by Crippen LogP contribution is 2.17. The second kappa shape index (κ2) is 4.33. The standard InChI is InChI=1S/C10H11F2O/c1-7(6-13-2)8-3-4-9(11)10(12)5-8/h3-5,7H,1,6H2,2H3. The molecular weight excluding hydrogens is 174 g/mol. The highest BCUT2D eigenvalue weighted by Gasteiger charge is 2.08. The lowest BCUT2D eigenvalue weighted by molar-refractivity contribution is 0.190. The molecule has 0 heterocycles. The first kappa shape index (κ1) is 10.1. The van der Waals surface area contributed by atoms with Crippen molar-refractivity contribution in [1.29, 1.82) is 0 Å². The van der Waals surface area contributed by atoms with Crippen LogP contribution in [0.1, 0.15) is 11.5 Å². The van der Waals surface area contributed by atoms with E-state index in [4.69, 9.17) is 4.74 Å². The Hall–Kier alpha value is -0.960. The van der Waals surface area contributed by atoms with Gasteiger partial charge in [0.2, 0.25) is 0 Å². The fourth-order valence-electron chi connectivity index (χ4n) is 1.06. The van der Waals surface area contributed by atoms with Gasteiger partial charge in [-0.1, -0.05) is 6.07 Å². The molecule has 1 rings (SSSR count). The molecule has 3 heteroatoms. The molecule has 1 atom stereocenters. The summed E-state index contributed by atoms with van der Waals surface area (Å²) in [5.41, 5.74) is 0.640. The van der Waals surface area contributed by atoms with Crippen LogP contribution in [0.3, 0.4) is 0 Å². The number of hydrogen-bond donors (Lipinski definition) is 0. The number of halogens is 2. The highest BCUT2D eigenvalue weighted by atomic mass is 19.2. The summed E-state index contributed by atoms with van der Waals surface area (Å²) in [7, 11) is 1.54. The SMILES string of the molecule is [CH2]C(COC)c1ccc(F)c(F)c1. The molecule has 0 bridgehead atoms. The molecule has 0 amide bonds. The molecule has 0 aliphatic rings. The molecule has 0 aliphatic heterocycles. The molecule has 0 aliphatic carbocycles. The Labute approximate surface area is 76.3 Å². The van der Waals surface area contributed by atoms with Gasteiger partial charge in [-0.15, -0.1) is 0 Å². The van der Waals surface area contributed by atoms with Crippen LogP contribution in [0.5, 0.6) is 0 Å². The predicted molar refractivity (Wildman–Crippen MR) is 46.3 cm³/mol. The van der Waals surface area contributed by atoms with Gasteiger partial charge >= 0.3 is 0 Å². The summed E-state index contributed by atoms with van der Waals surface area (Å²) >= 11 is 0. The molecule has 0 spiro atoms. The highest BCUT2D eigenvalue weighted by molar-refractivity contribution is 5.22. The van der Waals surface area contributed by atoms with Crippen LogP contribution in [-0.4, -0.2) is 13.7 Å². The third-order valence-electron chi connectivity index (χ3n) is 1.78. The van der Waals surface area contributed by atoms with Gasteiger partial charge in [0.15, 0.2) is 11.6 Å². The number of rotatable bonds is 3. The number of methoxy groups -OCH3 is 1. The average Bonchev–Trinajstić information content (AvgIpc) is 2.10. The monoisotopic (exact) mass is 185 g/mol. The Kier molecular flexibility index (Phi) is 3.37. The largest absolute Gasteiger partial charge is 0.384 e. The van der Waals surface area contributed by atoms with E-state index in [2.05, 4.69) is 6.92 Å². The average molecular weight is 185 g/mol. The molecule has 13 heavy (non-hydrogen) atoms. The van der Waals surface area contributed by atoms with Crippen molar-refractivity contribution in [3.05, 3.63) is 42.3 Å². The summed E-state index contributed by atoms with van der Waals surface area (Å²) < 4.78 is 30.1. The lowest BCUT2D eigenvalue weighted by atomic mass is 10.0. The number of ether oxygens (including phenoxy) is 1. The zero-order valence-electron chi connectivity index (χ0n) is 7.39. The summed E-state index contributed by atoms with van der Waals surface area (Å²) in [6.45, 7) is 4.15. The van der Waals surface area contributed by atoms with E-state index in [0.29, 0.717) is 12.2 Å². The Morgan fingerprint density at radius 1 is 1.38 bits per heavy atom. The van der Waals surface area contributed by atoms with Crippen molar-refractivity contribution in [1.82, 2.24) is 0 Å². The van der Waals surface area contributed by atoms with Crippen molar-refractivity contribution >= 4 is 0 Å². The van der Waals surface area contributed by atoms with Crippen molar-refractivity contribution in [2.24, 2.45) is 0 Å². The quantitative estimate of drug-likeness (QED) is 0.703. The van der Waals surface area contributed by atoms with Crippen molar-refractivity contribution in [2.75, 3.05) is 13.7 Å². The van der Waals surface area contributed by atoms with Crippen molar-refractivity contribution in [3.8, 4) is 0 Å². The first-order chi connectivity index (χ1) is 6.15. The molecule has 1 nitrogen and oxygen atoms in total.